The van der Waals surface area contributed by atoms with E-state index in [1.165, 1.54) is 5.39 Å². The van der Waals surface area contributed by atoms with Crippen LogP contribution in [0.5, 0.6) is 0 Å². The molecule has 1 N–H and O–H groups in total. The number of nitrogens with zero attached hydrogens (tertiary/aromatic N) is 1. The molecule has 0 bridgehead atoms. The van der Waals surface area contributed by atoms with E-state index in [0.29, 0.717) is 6.42 Å². The van der Waals surface area contributed by atoms with Crippen LogP contribution in [0.3, 0.4) is 0 Å². The molecule has 3 heteroatoms. The van der Waals surface area contributed by atoms with E-state index >= 15 is 0 Å². The van der Waals surface area contributed by atoms with E-state index in [4.69, 9.17) is 0 Å². The summed E-state index contributed by atoms with van der Waals surface area (Å²) in [6, 6.07) is 28.5. The normalized spacial score (nSPS) is 11.7. The van der Waals surface area contributed by atoms with Gasteiger partial charge in [-0.2, -0.15) is 5.10 Å². The first-order valence-corrected chi connectivity index (χ1v) is 9.00. The zero-order valence-electron chi connectivity index (χ0n) is 15.1. The molecule has 1 amide bonds. The lowest BCUT2D eigenvalue weighted by Gasteiger charge is -2.07. The number of carbonyl (C=O) groups is 1. The molecule has 0 saturated heterocycles. The van der Waals surface area contributed by atoms with Crippen LogP contribution in [0.1, 0.15) is 18.1 Å². The summed E-state index contributed by atoms with van der Waals surface area (Å²) < 4.78 is 0. The molecule has 0 aliphatic carbocycles. The maximum absolute atomic E-state index is 12.4. The predicted molar refractivity (Wildman–Crippen MR) is 112 cm³/mol. The highest BCUT2D eigenvalue weighted by Gasteiger charge is 2.07. The van der Waals surface area contributed by atoms with Crippen molar-refractivity contribution in [2.75, 3.05) is 0 Å². The predicted octanol–water partition coefficient (Wildman–Crippen LogP) is 5.08. The summed E-state index contributed by atoms with van der Waals surface area (Å²) in [6.07, 6.45) is 0.301. The van der Waals surface area contributed by atoms with Crippen LogP contribution >= 0.6 is 0 Å². The molecular weight excluding hydrogens is 332 g/mol. The highest BCUT2D eigenvalue weighted by molar-refractivity contribution is 6.02. The number of benzene rings is 4. The zero-order chi connectivity index (χ0) is 18.6. The summed E-state index contributed by atoms with van der Waals surface area (Å²) in [4.78, 5) is 12.4. The Morgan fingerprint density at radius 3 is 2.37 bits per heavy atom. The van der Waals surface area contributed by atoms with Gasteiger partial charge in [0.2, 0.25) is 5.91 Å². The third-order valence-corrected chi connectivity index (χ3v) is 4.75. The van der Waals surface area contributed by atoms with Gasteiger partial charge in [-0.25, -0.2) is 5.43 Å². The van der Waals surface area contributed by atoms with Crippen molar-refractivity contribution in [2.45, 2.75) is 13.3 Å². The summed E-state index contributed by atoms with van der Waals surface area (Å²) in [5.74, 6) is -0.119. The van der Waals surface area contributed by atoms with Gasteiger partial charge in [-0.05, 0) is 45.7 Å². The molecule has 0 heterocycles. The van der Waals surface area contributed by atoms with Gasteiger partial charge in [-0.1, -0.05) is 78.9 Å². The first-order valence-electron chi connectivity index (χ1n) is 9.00. The number of carbonyl (C=O) groups excluding carboxylic acids is 1. The van der Waals surface area contributed by atoms with Crippen LogP contribution in [0, 0.1) is 0 Å². The summed E-state index contributed by atoms with van der Waals surface area (Å²) in [6.45, 7) is 1.91. The Hall–Kier alpha value is -3.46. The number of nitrogens with one attached hydrogen (secondary N) is 1. The van der Waals surface area contributed by atoms with Crippen molar-refractivity contribution < 1.29 is 4.79 Å². The van der Waals surface area contributed by atoms with Gasteiger partial charge in [0, 0.05) is 0 Å². The SMILES string of the molecule is CC(=NNC(=O)Cc1cccc2ccccc12)c1ccc2ccccc2c1. The largest absolute Gasteiger partial charge is 0.273 e. The second-order valence-electron chi connectivity index (χ2n) is 6.61. The van der Waals surface area contributed by atoms with Crippen LogP contribution in [0.25, 0.3) is 21.5 Å². The molecule has 0 atom stereocenters. The van der Waals surface area contributed by atoms with Gasteiger partial charge < -0.3 is 0 Å². The van der Waals surface area contributed by atoms with E-state index in [9.17, 15) is 4.79 Å². The monoisotopic (exact) mass is 352 g/mol. The molecule has 4 aromatic rings. The fraction of sp³-hybridized carbons (Fsp3) is 0.0833. The first-order chi connectivity index (χ1) is 13.2. The van der Waals surface area contributed by atoms with Gasteiger partial charge in [-0.3, -0.25) is 4.79 Å². The molecule has 0 aromatic heterocycles. The number of amides is 1. The first kappa shape index (κ1) is 17.0. The van der Waals surface area contributed by atoms with Crippen LogP contribution in [-0.2, 0) is 11.2 Å². The van der Waals surface area contributed by atoms with Crippen molar-refractivity contribution in [3.8, 4) is 0 Å². The molecule has 0 aliphatic heterocycles. The summed E-state index contributed by atoms with van der Waals surface area (Å²) in [5, 5.41) is 8.88. The lowest BCUT2D eigenvalue weighted by molar-refractivity contribution is -0.120. The van der Waals surface area contributed by atoms with E-state index in [1.54, 1.807) is 0 Å². The maximum Gasteiger partial charge on any atom is 0.244 e. The Morgan fingerprint density at radius 2 is 1.52 bits per heavy atom. The van der Waals surface area contributed by atoms with E-state index in [1.807, 2.05) is 55.5 Å². The van der Waals surface area contributed by atoms with E-state index < -0.39 is 0 Å². The van der Waals surface area contributed by atoms with Gasteiger partial charge in [0.25, 0.3) is 0 Å². The third kappa shape index (κ3) is 3.72. The van der Waals surface area contributed by atoms with Crippen molar-refractivity contribution >= 4 is 33.2 Å². The number of fused-ring (bicyclic) bond motifs is 2. The van der Waals surface area contributed by atoms with Gasteiger partial charge in [0.1, 0.15) is 0 Å². The fourth-order valence-electron chi connectivity index (χ4n) is 3.28. The van der Waals surface area contributed by atoms with Gasteiger partial charge in [-0.15, -0.1) is 0 Å². The molecule has 132 valence electrons. The quantitative estimate of drug-likeness (QED) is 0.404. The van der Waals surface area contributed by atoms with Gasteiger partial charge in [0.15, 0.2) is 0 Å². The van der Waals surface area contributed by atoms with Crippen molar-refractivity contribution in [3.63, 3.8) is 0 Å². The van der Waals surface area contributed by atoms with Crippen LogP contribution < -0.4 is 5.43 Å². The van der Waals surface area contributed by atoms with Crippen molar-refractivity contribution in [2.24, 2.45) is 5.10 Å². The minimum atomic E-state index is -0.119. The maximum atomic E-state index is 12.4. The molecule has 0 unspecified atom stereocenters. The standard InChI is InChI=1S/C24H20N2O/c1-17(20-14-13-18-7-2-3-9-21(18)15-20)25-26-24(27)16-22-11-6-10-19-8-4-5-12-23(19)22/h2-15H,16H2,1H3,(H,26,27). The second kappa shape index (κ2) is 7.42. The zero-order valence-corrected chi connectivity index (χ0v) is 15.1. The van der Waals surface area contributed by atoms with E-state index in [0.717, 1.165) is 33.0 Å². The highest BCUT2D eigenvalue weighted by atomic mass is 16.2. The smallest absolute Gasteiger partial charge is 0.244 e. The second-order valence-corrected chi connectivity index (χ2v) is 6.61. The Labute approximate surface area is 158 Å². The molecule has 0 radical (unpaired) electrons. The van der Waals surface area contributed by atoms with E-state index in [-0.39, 0.29) is 5.91 Å². The minimum absolute atomic E-state index is 0.119. The molecule has 3 nitrogen and oxygen atoms in total. The van der Waals surface area contributed by atoms with Crippen LogP contribution in [0.15, 0.2) is 90.0 Å². The average Bonchev–Trinajstić information content (AvgIpc) is 2.72. The Bertz CT molecular complexity index is 1160. The molecule has 4 rings (SSSR count). The van der Waals surface area contributed by atoms with E-state index in [2.05, 4.69) is 46.9 Å². The molecule has 0 spiro atoms. The number of hydrogen-bond donors (Lipinski definition) is 1. The summed E-state index contributed by atoms with van der Waals surface area (Å²) in [7, 11) is 0. The summed E-state index contributed by atoms with van der Waals surface area (Å²) in [5.41, 5.74) is 5.48. The Kier molecular flexibility index (Phi) is 4.67. The molecule has 0 aliphatic rings. The number of rotatable bonds is 4. The minimum Gasteiger partial charge on any atom is -0.273 e. The molecular formula is C24H20N2O. The average molecular weight is 352 g/mol. The van der Waals surface area contributed by atoms with Crippen LogP contribution in [0.2, 0.25) is 0 Å². The molecule has 0 saturated carbocycles. The lowest BCUT2D eigenvalue weighted by atomic mass is 10.0. The number of hydrazone groups is 1. The van der Waals surface area contributed by atoms with Crippen LogP contribution in [-0.4, -0.2) is 11.6 Å². The fourth-order valence-corrected chi connectivity index (χ4v) is 3.28. The topological polar surface area (TPSA) is 41.5 Å². The molecule has 4 aromatic carbocycles. The highest BCUT2D eigenvalue weighted by Crippen LogP contribution is 2.19. The van der Waals surface area contributed by atoms with Crippen molar-refractivity contribution in [3.05, 3.63) is 96.1 Å². The summed E-state index contributed by atoms with van der Waals surface area (Å²) >= 11 is 0. The Morgan fingerprint density at radius 1 is 0.815 bits per heavy atom. The lowest BCUT2D eigenvalue weighted by Crippen LogP contribution is -2.21. The van der Waals surface area contributed by atoms with Gasteiger partial charge in [0.05, 0.1) is 12.1 Å². The van der Waals surface area contributed by atoms with Crippen molar-refractivity contribution in [1.29, 1.82) is 0 Å². The number of hydrogen-bond acceptors (Lipinski definition) is 2. The van der Waals surface area contributed by atoms with Gasteiger partial charge >= 0.3 is 0 Å². The van der Waals surface area contributed by atoms with Crippen molar-refractivity contribution in [1.82, 2.24) is 5.43 Å². The van der Waals surface area contributed by atoms with Crippen LogP contribution in [0.4, 0.5) is 0 Å². The molecule has 27 heavy (non-hydrogen) atoms. The Balaban J connectivity index is 1.50. The third-order valence-electron chi connectivity index (χ3n) is 4.75. The molecule has 0 fully saturated rings.